The molecule has 2 fully saturated rings. The number of hydrogen-bond donors (Lipinski definition) is 0. The molecule has 2 rings (SSSR count). The van der Waals surface area contributed by atoms with E-state index >= 15 is 0 Å². The summed E-state index contributed by atoms with van der Waals surface area (Å²) < 4.78 is 19.5. The average Bonchev–Trinajstić information content (AvgIpc) is 3.11. The molecule has 0 aliphatic carbocycles. The molecule has 2 aliphatic rings. The molecule has 172 valence electrons. The minimum Gasteiger partial charge on any atom is -0.668 e. The maximum Gasteiger partial charge on any atom is 2.00 e. The molecule has 0 bridgehead atoms. The first-order valence-corrected chi connectivity index (χ1v) is 24.8. The first kappa shape index (κ1) is 35.8. The van der Waals surface area contributed by atoms with Gasteiger partial charge in [-0.05, 0) is 25.7 Å². The predicted molar refractivity (Wildman–Crippen MR) is 146 cm³/mol. The molecule has 0 unspecified atom stereocenters. The Morgan fingerprint density at radius 1 is 0.414 bits per heavy atom. The van der Waals surface area contributed by atoms with Crippen LogP contribution in [0, 0.1) is 0 Å². The Morgan fingerprint density at radius 2 is 0.586 bits per heavy atom. The quantitative estimate of drug-likeness (QED) is 0.345. The summed E-state index contributed by atoms with van der Waals surface area (Å²) >= 11 is 0. The standard InChI is InChI=1S/2C6H18NSi2.2C4H8O.Sr/c2*1-8(2,3)7-9(4,5)6;2*1-2-4-5-3-1;/h2*1-6H3;2*1-4H2;/q2*-1;;;+2. The molecule has 0 saturated carbocycles. The molecule has 0 radical (unpaired) electrons. The molecule has 0 aromatic heterocycles. The third kappa shape index (κ3) is 41.0. The summed E-state index contributed by atoms with van der Waals surface area (Å²) in [4.78, 5) is 0. The fourth-order valence-corrected chi connectivity index (χ4v) is 19.1. The van der Waals surface area contributed by atoms with Crippen molar-refractivity contribution < 1.29 is 9.47 Å². The van der Waals surface area contributed by atoms with Crippen LogP contribution in [-0.2, 0) is 9.47 Å². The van der Waals surface area contributed by atoms with Crippen molar-refractivity contribution in [1.29, 1.82) is 0 Å². The van der Waals surface area contributed by atoms with E-state index in [1.807, 2.05) is 0 Å². The van der Waals surface area contributed by atoms with E-state index in [0.717, 1.165) is 26.4 Å². The van der Waals surface area contributed by atoms with Crippen LogP contribution < -0.4 is 0 Å². The van der Waals surface area contributed by atoms with Crippen LogP contribution in [0.3, 0.4) is 0 Å². The van der Waals surface area contributed by atoms with E-state index in [1.165, 1.54) is 25.7 Å². The molecule has 0 amide bonds. The van der Waals surface area contributed by atoms with Crippen LogP contribution in [0.4, 0.5) is 0 Å². The van der Waals surface area contributed by atoms with Crippen molar-refractivity contribution in [3.63, 3.8) is 0 Å². The van der Waals surface area contributed by atoms with Crippen molar-refractivity contribution in [3.8, 4) is 0 Å². The second kappa shape index (κ2) is 17.6. The van der Waals surface area contributed by atoms with E-state index in [2.05, 4.69) is 78.6 Å². The van der Waals surface area contributed by atoms with Crippen LogP contribution in [-0.4, -0.2) is 105 Å². The largest absolute Gasteiger partial charge is 2.00 e. The molecule has 2 heterocycles. The second-order valence-corrected chi connectivity index (χ2v) is 30.7. The Kier molecular flexibility index (Phi) is 21.8. The summed E-state index contributed by atoms with van der Waals surface area (Å²) in [5.41, 5.74) is 0. The van der Waals surface area contributed by atoms with Gasteiger partial charge in [-0.15, -0.1) is 0 Å². The summed E-state index contributed by atoms with van der Waals surface area (Å²) in [5, 5.41) is 0. The minimum absolute atomic E-state index is 0. The fraction of sp³-hybridized carbons (Fsp3) is 1.00. The molecule has 29 heavy (non-hydrogen) atoms. The number of nitrogens with zero attached hydrogens (tertiary/aromatic N) is 2. The van der Waals surface area contributed by atoms with E-state index < -0.39 is 32.9 Å². The minimum atomic E-state index is -1.11. The van der Waals surface area contributed by atoms with Crippen LogP contribution in [0.2, 0.25) is 78.6 Å². The Balaban J connectivity index is -0.000000316. The third-order valence-electron chi connectivity index (χ3n) is 3.00. The van der Waals surface area contributed by atoms with Gasteiger partial charge in [-0.1, -0.05) is 112 Å². The molecule has 9 heteroatoms. The monoisotopic (exact) mass is 552 g/mol. The van der Waals surface area contributed by atoms with Gasteiger partial charge >= 0.3 is 45.5 Å². The van der Waals surface area contributed by atoms with Crippen LogP contribution in [0.5, 0.6) is 0 Å². The molecule has 2 aliphatic heterocycles. The van der Waals surface area contributed by atoms with Crippen molar-refractivity contribution in [2.45, 2.75) is 104 Å². The van der Waals surface area contributed by atoms with Gasteiger partial charge in [-0.2, -0.15) is 0 Å². The van der Waals surface area contributed by atoms with Gasteiger partial charge in [-0.3, -0.25) is 0 Å². The van der Waals surface area contributed by atoms with Crippen molar-refractivity contribution in [3.05, 3.63) is 9.30 Å². The summed E-state index contributed by atoms with van der Waals surface area (Å²) in [6.45, 7) is 31.6. The van der Waals surface area contributed by atoms with Gasteiger partial charge in [0, 0.05) is 26.4 Å². The molecule has 0 aromatic carbocycles. The van der Waals surface area contributed by atoms with Crippen LogP contribution in [0.15, 0.2) is 0 Å². The zero-order valence-electron chi connectivity index (χ0n) is 22.1. The summed E-state index contributed by atoms with van der Waals surface area (Å²) in [6.07, 6.45) is 5.11. The van der Waals surface area contributed by atoms with Crippen molar-refractivity contribution >= 4 is 78.4 Å². The zero-order chi connectivity index (χ0) is 22.5. The molecule has 0 aromatic rings. The molecule has 2 saturated heterocycles. The fourth-order valence-electron chi connectivity index (χ4n) is 3.03. The summed E-state index contributed by atoms with van der Waals surface area (Å²) in [6, 6.07) is 0. The van der Waals surface area contributed by atoms with Crippen molar-refractivity contribution in [1.82, 2.24) is 0 Å². The Hall–Kier alpha value is 2.19. The second-order valence-electron chi connectivity index (χ2n) is 11.5. The van der Waals surface area contributed by atoms with Gasteiger partial charge in [0.2, 0.25) is 0 Å². The van der Waals surface area contributed by atoms with Gasteiger partial charge in [0.25, 0.3) is 0 Å². The van der Waals surface area contributed by atoms with Crippen molar-refractivity contribution in [2.75, 3.05) is 26.4 Å². The number of hydrogen-bond acceptors (Lipinski definition) is 2. The van der Waals surface area contributed by atoms with Gasteiger partial charge in [0.05, 0.1) is 0 Å². The number of ether oxygens (including phenoxy) is 2. The molecule has 4 nitrogen and oxygen atoms in total. The Morgan fingerprint density at radius 3 is 0.621 bits per heavy atom. The average molecular weight is 553 g/mol. The zero-order valence-corrected chi connectivity index (χ0v) is 29.6. The van der Waals surface area contributed by atoms with Gasteiger partial charge < -0.3 is 18.8 Å². The summed E-state index contributed by atoms with van der Waals surface area (Å²) in [5.74, 6) is 0. The van der Waals surface area contributed by atoms with Crippen LogP contribution >= 0.6 is 0 Å². The van der Waals surface area contributed by atoms with Crippen LogP contribution in [0.25, 0.3) is 9.30 Å². The predicted octanol–water partition coefficient (Wildman–Crippen LogP) is 7.27. The van der Waals surface area contributed by atoms with E-state index in [9.17, 15) is 0 Å². The van der Waals surface area contributed by atoms with Gasteiger partial charge in [0.1, 0.15) is 0 Å². The van der Waals surface area contributed by atoms with E-state index in [4.69, 9.17) is 18.8 Å². The molecule has 0 N–H and O–H groups in total. The SMILES string of the molecule is C1CCOC1.C1CCOC1.C[Si](C)(C)[N-][Si](C)(C)C.C[Si](C)(C)[N-][Si](C)(C)C.[Sr+2]. The molecule has 0 spiro atoms. The van der Waals surface area contributed by atoms with E-state index in [0.29, 0.717) is 0 Å². The number of rotatable bonds is 4. The van der Waals surface area contributed by atoms with E-state index in [1.54, 1.807) is 0 Å². The molecular weight excluding hydrogens is 500 g/mol. The Bertz CT molecular complexity index is 293. The van der Waals surface area contributed by atoms with Gasteiger partial charge in [0.15, 0.2) is 0 Å². The van der Waals surface area contributed by atoms with Gasteiger partial charge in [-0.25, -0.2) is 0 Å². The topological polar surface area (TPSA) is 46.7 Å². The maximum atomic E-state index is 4.94. The molecule has 0 atom stereocenters. The van der Waals surface area contributed by atoms with Crippen molar-refractivity contribution in [2.24, 2.45) is 0 Å². The van der Waals surface area contributed by atoms with E-state index in [-0.39, 0.29) is 45.5 Å². The maximum absolute atomic E-state index is 4.94. The van der Waals surface area contributed by atoms with Crippen LogP contribution in [0.1, 0.15) is 25.7 Å². The third-order valence-corrected chi connectivity index (χ3v) is 13.7. The molecular formula is C20H52N2O2Si4Sr. The summed E-state index contributed by atoms with van der Waals surface area (Å²) in [7, 11) is -4.42. The first-order valence-electron chi connectivity index (χ1n) is 11.0. The first-order chi connectivity index (χ1) is 12.4. The Labute approximate surface area is 225 Å². The smallest absolute Gasteiger partial charge is 0.668 e. The normalized spacial score (nSPS) is 17.0.